The van der Waals surface area contributed by atoms with Crippen molar-refractivity contribution in [3.63, 3.8) is 0 Å². The number of rotatable bonds is 4. The zero-order valence-electron chi connectivity index (χ0n) is 14.3. The second kappa shape index (κ2) is 6.54. The molecule has 8 heteroatoms. The van der Waals surface area contributed by atoms with Crippen LogP contribution < -0.4 is 4.74 Å². The van der Waals surface area contributed by atoms with Gasteiger partial charge in [0.25, 0.3) is 5.91 Å². The maximum absolute atomic E-state index is 12.8. The SMILES string of the molecule is Cc1ccc(OC(C)C(=O)N2Cc3nnc(C)n3CC2C(=O)O)cc1. The number of nitrogens with zero attached hydrogens (tertiary/aromatic N) is 4. The molecule has 1 aromatic heterocycles. The predicted molar refractivity (Wildman–Crippen MR) is 88.0 cm³/mol. The van der Waals surface area contributed by atoms with E-state index in [0.717, 1.165) is 5.56 Å². The second-order valence-corrected chi connectivity index (χ2v) is 6.17. The highest BCUT2D eigenvalue weighted by molar-refractivity contribution is 5.86. The van der Waals surface area contributed by atoms with Crippen molar-refractivity contribution in [2.75, 3.05) is 0 Å². The van der Waals surface area contributed by atoms with Gasteiger partial charge in [0.2, 0.25) is 0 Å². The van der Waals surface area contributed by atoms with Gasteiger partial charge in [-0.25, -0.2) is 4.79 Å². The molecule has 2 heterocycles. The minimum Gasteiger partial charge on any atom is -0.481 e. The maximum Gasteiger partial charge on any atom is 0.328 e. The standard InChI is InChI=1S/C17H20N4O4/c1-10-4-6-13(7-5-10)25-11(2)16(22)21-9-15-19-18-12(3)20(15)8-14(21)17(23)24/h4-7,11,14H,8-9H2,1-3H3,(H,23,24). The number of aromatic nitrogens is 3. The number of ether oxygens (including phenoxy) is 1. The number of hydrogen-bond acceptors (Lipinski definition) is 5. The quantitative estimate of drug-likeness (QED) is 0.894. The molecule has 1 aromatic carbocycles. The third-order valence-corrected chi connectivity index (χ3v) is 4.31. The Balaban J connectivity index is 1.79. The van der Waals surface area contributed by atoms with E-state index in [0.29, 0.717) is 17.4 Å². The fourth-order valence-electron chi connectivity index (χ4n) is 2.86. The van der Waals surface area contributed by atoms with Gasteiger partial charge in [-0.05, 0) is 32.9 Å². The van der Waals surface area contributed by atoms with E-state index in [2.05, 4.69) is 10.2 Å². The largest absolute Gasteiger partial charge is 0.481 e. The predicted octanol–water partition coefficient (Wildman–Crippen LogP) is 1.16. The van der Waals surface area contributed by atoms with Crippen LogP contribution in [0.1, 0.15) is 24.1 Å². The van der Waals surface area contributed by atoms with Gasteiger partial charge in [0, 0.05) is 0 Å². The molecule has 0 saturated carbocycles. The van der Waals surface area contributed by atoms with Crippen molar-refractivity contribution < 1.29 is 19.4 Å². The van der Waals surface area contributed by atoms with Crippen LogP contribution in [0.5, 0.6) is 5.75 Å². The first-order chi connectivity index (χ1) is 11.9. The summed E-state index contributed by atoms with van der Waals surface area (Å²) in [6, 6.07) is 6.37. The number of benzene rings is 1. The Kier molecular flexibility index (Phi) is 4.43. The fraction of sp³-hybridized carbons (Fsp3) is 0.412. The number of carboxylic acid groups (broad SMARTS) is 1. The Morgan fingerprint density at radius 3 is 2.56 bits per heavy atom. The first-order valence-electron chi connectivity index (χ1n) is 8.02. The van der Waals surface area contributed by atoms with E-state index < -0.39 is 18.1 Å². The summed E-state index contributed by atoms with van der Waals surface area (Å²) in [6.45, 7) is 5.56. The molecule has 0 bridgehead atoms. The molecule has 3 rings (SSSR count). The first kappa shape index (κ1) is 16.9. The molecule has 0 aliphatic carbocycles. The van der Waals surface area contributed by atoms with Crippen molar-refractivity contribution in [2.45, 2.75) is 46.0 Å². The summed E-state index contributed by atoms with van der Waals surface area (Å²) in [5.74, 6) is 0.326. The summed E-state index contributed by atoms with van der Waals surface area (Å²) in [4.78, 5) is 25.7. The smallest absolute Gasteiger partial charge is 0.328 e. The van der Waals surface area contributed by atoms with Gasteiger partial charge in [-0.2, -0.15) is 0 Å². The van der Waals surface area contributed by atoms with Crippen molar-refractivity contribution in [2.24, 2.45) is 0 Å². The van der Waals surface area contributed by atoms with E-state index in [1.165, 1.54) is 4.90 Å². The van der Waals surface area contributed by atoms with Crippen LogP contribution in [0.4, 0.5) is 0 Å². The highest BCUT2D eigenvalue weighted by atomic mass is 16.5. The molecule has 132 valence electrons. The highest BCUT2D eigenvalue weighted by Crippen LogP contribution is 2.21. The van der Waals surface area contributed by atoms with Crippen LogP contribution in [0.15, 0.2) is 24.3 Å². The van der Waals surface area contributed by atoms with E-state index in [1.807, 2.05) is 19.1 Å². The Labute approximate surface area is 145 Å². The van der Waals surface area contributed by atoms with Crippen molar-refractivity contribution in [3.05, 3.63) is 41.5 Å². The van der Waals surface area contributed by atoms with E-state index in [9.17, 15) is 14.7 Å². The van der Waals surface area contributed by atoms with E-state index in [-0.39, 0.29) is 19.0 Å². The van der Waals surface area contributed by atoms with E-state index in [4.69, 9.17) is 4.74 Å². The molecule has 0 saturated heterocycles. The molecule has 0 radical (unpaired) electrons. The van der Waals surface area contributed by atoms with Gasteiger partial charge < -0.3 is 19.3 Å². The van der Waals surface area contributed by atoms with Crippen LogP contribution in [0.3, 0.4) is 0 Å². The summed E-state index contributed by atoms with van der Waals surface area (Å²) >= 11 is 0. The molecule has 25 heavy (non-hydrogen) atoms. The minimum absolute atomic E-state index is 0.0955. The van der Waals surface area contributed by atoms with Crippen LogP contribution >= 0.6 is 0 Å². The number of aliphatic carboxylic acids is 1. The molecule has 1 amide bonds. The number of hydrogen-bond donors (Lipinski definition) is 1. The molecule has 0 fully saturated rings. The molecule has 2 aromatic rings. The lowest BCUT2D eigenvalue weighted by atomic mass is 10.1. The number of amides is 1. The highest BCUT2D eigenvalue weighted by Gasteiger charge is 2.38. The average Bonchev–Trinajstić information content (AvgIpc) is 2.95. The molecule has 8 nitrogen and oxygen atoms in total. The zero-order chi connectivity index (χ0) is 18.1. The normalized spacial score (nSPS) is 17.7. The molecule has 1 N–H and O–H groups in total. The Hall–Kier alpha value is -2.90. The molecule has 1 aliphatic rings. The number of aryl methyl sites for hydroxylation is 2. The van der Waals surface area contributed by atoms with Crippen LogP contribution in [0.2, 0.25) is 0 Å². The summed E-state index contributed by atoms with van der Waals surface area (Å²) < 4.78 is 7.41. The average molecular weight is 344 g/mol. The summed E-state index contributed by atoms with van der Waals surface area (Å²) in [6.07, 6.45) is -0.805. The van der Waals surface area contributed by atoms with Crippen molar-refractivity contribution >= 4 is 11.9 Å². The van der Waals surface area contributed by atoms with Gasteiger partial charge in [0.15, 0.2) is 11.9 Å². The molecular weight excluding hydrogens is 324 g/mol. The third-order valence-electron chi connectivity index (χ3n) is 4.31. The lowest BCUT2D eigenvalue weighted by Gasteiger charge is -2.34. The number of fused-ring (bicyclic) bond motifs is 1. The fourth-order valence-corrected chi connectivity index (χ4v) is 2.86. The first-order valence-corrected chi connectivity index (χ1v) is 8.02. The zero-order valence-corrected chi connectivity index (χ0v) is 14.3. The molecule has 1 aliphatic heterocycles. The van der Waals surface area contributed by atoms with Crippen LogP contribution in [-0.2, 0) is 22.7 Å². The van der Waals surface area contributed by atoms with Crippen molar-refractivity contribution in [1.82, 2.24) is 19.7 Å². The molecule has 2 unspecified atom stereocenters. The third kappa shape index (κ3) is 3.33. The van der Waals surface area contributed by atoms with Crippen molar-refractivity contribution in [1.29, 1.82) is 0 Å². The lowest BCUT2D eigenvalue weighted by Crippen LogP contribution is -2.54. The van der Waals surface area contributed by atoms with Gasteiger partial charge in [-0.15, -0.1) is 10.2 Å². The van der Waals surface area contributed by atoms with Gasteiger partial charge in [-0.3, -0.25) is 4.79 Å². The van der Waals surface area contributed by atoms with E-state index >= 15 is 0 Å². The number of carbonyl (C=O) groups is 2. The molecule has 2 atom stereocenters. The Bertz CT molecular complexity index is 799. The minimum atomic E-state index is -1.06. The maximum atomic E-state index is 12.8. The van der Waals surface area contributed by atoms with Gasteiger partial charge in [-0.1, -0.05) is 17.7 Å². The summed E-state index contributed by atoms with van der Waals surface area (Å²) in [7, 11) is 0. The van der Waals surface area contributed by atoms with Gasteiger partial charge in [0.05, 0.1) is 13.1 Å². The Morgan fingerprint density at radius 2 is 1.92 bits per heavy atom. The van der Waals surface area contributed by atoms with E-state index in [1.54, 1.807) is 30.5 Å². The van der Waals surface area contributed by atoms with Gasteiger partial charge in [0.1, 0.15) is 17.6 Å². The number of carbonyl (C=O) groups excluding carboxylic acids is 1. The van der Waals surface area contributed by atoms with Crippen molar-refractivity contribution in [3.8, 4) is 5.75 Å². The number of carboxylic acids is 1. The molecule has 0 spiro atoms. The van der Waals surface area contributed by atoms with Crippen LogP contribution in [0.25, 0.3) is 0 Å². The topological polar surface area (TPSA) is 97.5 Å². The second-order valence-electron chi connectivity index (χ2n) is 6.17. The monoisotopic (exact) mass is 344 g/mol. The summed E-state index contributed by atoms with van der Waals surface area (Å²) in [5, 5.41) is 17.5. The van der Waals surface area contributed by atoms with Crippen LogP contribution in [-0.4, -0.2) is 48.8 Å². The van der Waals surface area contributed by atoms with Crippen LogP contribution in [0, 0.1) is 13.8 Å². The Morgan fingerprint density at radius 1 is 1.24 bits per heavy atom. The molecular formula is C17H20N4O4. The summed E-state index contributed by atoms with van der Waals surface area (Å²) in [5.41, 5.74) is 1.09. The van der Waals surface area contributed by atoms with Gasteiger partial charge >= 0.3 is 5.97 Å². The lowest BCUT2D eigenvalue weighted by molar-refractivity contribution is -0.155.